The molecule has 33 heavy (non-hydrogen) atoms. The molecule has 0 aromatic carbocycles. The minimum atomic E-state index is -3.03. The second-order valence-corrected chi connectivity index (χ2v) is 6.76. The maximum atomic E-state index is 12.9. The summed E-state index contributed by atoms with van der Waals surface area (Å²) in [4.78, 5) is 22.1. The zero-order chi connectivity index (χ0) is 23.5. The molecule has 0 spiro atoms. The number of alkyl halides is 2. The summed E-state index contributed by atoms with van der Waals surface area (Å²) >= 11 is 0. The number of halogens is 2. The standard InChI is InChI=1S/C19H16F2N10O2/c1-10-5-15-23-9-14(16(30(15)29-10)11(2)33-18(20)21)28-19(32)27-13-6-12(7-22)17(24-8-13)31-25-3-4-26-31/h3-6,8-9,11,18H,1-2H3,(H2,27,28,32). The maximum absolute atomic E-state index is 12.9. The Bertz CT molecular complexity index is 1350. The van der Waals surface area contributed by atoms with Crippen LogP contribution in [0.3, 0.4) is 0 Å². The number of hydrogen-bond donors (Lipinski definition) is 2. The van der Waals surface area contributed by atoms with Crippen molar-refractivity contribution in [3.8, 4) is 11.9 Å². The van der Waals surface area contributed by atoms with E-state index in [-0.39, 0.29) is 28.5 Å². The Morgan fingerprint density at radius 1 is 1.18 bits per heavy atom. The van der Waals surface area contributed by atoms with Crippen molar-refractivity contribution >= 4 is 23.1 Å². The van der Waals surface area contributed by atoms with Crippen molar-refractivity contribution in [1.29, 1.82) is 5.26 Å². The van der Waals surface area contributed by atoms with Crippen molar-refractivity contribution in [3.63, 3.8) is 0 Å². The summed E-state index contributed by atoms with van der Waals surface area (Å²) in [6.07, 6.45) is 4.40. The van der Waals surface area contributed by atoms with E-state index in [0.717, 1.165) is 0 Å². The van der Waals surface area contributed by atoms with E-state index in [0.29, 0.717) is 11.3 Å². The van der Waals surface area contributed by atoms with Crippen LogP contribution in [0.1, 0.15) is 30.0 Å². The third kappa shape index (κ3) is 4.57. The van der Waals surface area contributed by atoms with Gasteiger partial charge in [-0.3, -0.25) is 0 Å². The van der Waals surface area contributed by atoms with Gasteiger partial charge in [-0.25, -0.2) is 19.3 Å². The van der Waals surface area contributed by atoms with E-state index < -0.39 is 18.7 Å². The van der Waals surface area contributed by atoms with E-state index in [9.17, 15) is 18.8 Å². The van der Waals surface area contributed by atoms with Crippen molar-refractivity contribution < 1.29 is 18.3 Å². The number of fused-ring (bicyclic) bond motifs is 1. The zero-order valence-electron chi connectivity index (χ0n) is 17.3. The molecular formula is C19H16F2N10O2. The zero-order valence-corrected chi connectivity index (χ0v) is 17.3. The predicted molar refractivity (Wildman–Crippen MR) is 110 cm³/mol. The number of aryl methyl sites for hydroxylation is 1. The number of carbonyl (C=O) groups excluding carboxylic acids is 1. The van der Waals surface area contributed by atoms with Gasteiger partial charge in [0.25, 0.3) is 0 Å². The summed E-state index contributed by atoms with van der Waals surface area (Å²) in [5, 5.41) is 26.6. The Balaban J connectivity index is 1.60. The number of hydrogen-bond acceptors (Lipinski definition) is 8. The van der Waals surface area contributed by atoms with Crippen LogP contribution < -0.4 is 10.6 Å². The van der Waals surface area contributed by atoms with Crippen LogP contribution in [0.2, 0.25) is 0 Å². The first kappa shape index (κ1) is 21.7. The van der Waals surface area contributed by atoms with Gasteiger partial charge in [0.15, 0.2) is 11.5 Å². The van der Waals surface area contributed by atoms with Gasteiger partial charge in [0, 0.05) is 6.07 Å². The Morgan fingerprint density at radius 3 is 2.64 bits per heavy atom. The molecule has 4 aromatic rings. The Kier molecular flexibility index (Phi) is 5.87. The molecule has 0 aliphatic carbocycles. The summed E-state index contributed by atoms with van der Waals surface area (Å²) < 4.78 is 31.7. The highest BCUT2D eigenvalue weighted by molar-refractivity contribution is 6.00. The van der Waals surface area contributed by atoms with Gasteiger partial charge in [-0.2, -0.15) is 29.3 Å². The average Bonchev–Trinajstić information content (AvgIpc) is 3.41. The van der Waals surface area contributed by atoms with Crippen LogP contribution in [0, 0.1) is 18.3 Å². The monoisotopic (exact) mass is 454 g/mol. The molecule has 0 saturated heterocycles. The quantitative estimate of drug-likeness (QED) is 0.452. The highest BCUT2D eigenvalue weighted by Gasteiger charge is 2.22. The second kappa shape index (κ2) is 8.93. The van der Waals surface area contributed by atoms with Crippen LogP contribution in [-0.2, 0) is 4.74 Å². The van der Waals surface area contributed by atoms with Gasteiger partial charge in [-0.05, 0) is 19.9 Å². The molecule has 0 fully saturated rings. The number of rotatable bonds is 6. The van der Waals surface area contributed by atoms with E-state index in [1.165, 1.54) is 47.1 Å². The van der Waals surface area contributed by atoms with E-state index in [2.05, 4.69) is 40.6 Å². The fourth-order valence-corrected chi connectivity index (χ4v) is 3.15. The minimum Gasteiger partial charge on any atom is -0.313 e. The smallest absolute Gasteiger partial charge is 0.313 e. The molecule has 4 heterocycles. The first-order valence-corrected chi connectivity index (χ1v) is 9.49. The number of carbonyl (C=O) groups is 1. The summed E-state index contributed by atoms with van der Waals surface area (Å²) in [5.74, 6) is 0.192. The summed E-state index contributed by atoms with van der Waals surface area (Å²) in [7, 11) is 0. The number of amides is 2. The molecule has 4 aromatic heterocycles. The molecule has 168 valence electrons. The van der Waals surface area contributed by atoms with Gasteiger partial charge >= 0.3 is 12.6 Å². The van der Waals surface area contributed by atoms with Crippen LogP contribution >= 0.6 is 0 Å². The molecule has 4 rings (SSSR count). The fraction of sp³-hybridized carbons (Fsp3) is 0.211. The molecule has 0 bridgehead atoms. The molecule has 14 heteroatoms. The first-order chi connectivity index (χ1) is 15.9. The van der Waals surface area contributed by atoms with Crippen molar-refractivity contribution in [2.24, 2.45) is 0 Å². The highest BCUT2D eigenvalue weighted by Crippen LogP contribution is 2.28. The van der Waals surface area contributed by atoms with Crippen LogP contribution in [0.25, 0.3) is 11.5 Å². The molecule has 0 aliphatic rings. The lowest BCUT2D eigenvalue weighted by Gasteiger charge is -2.18. The predicted octanol–water partition coefficient (Wildman–Crippen LogP) is 2.83. The van der Waals surface area contributed by atoms with Gasteiger partial charge in [-0.1, -0.05) is 0 Å². The lowest BCUT2D eigenvalue weighted by Crippen LogP contribution is -2.23. The van der Waals surface area contributed by atoms with Crippen molar-refractivity contribution in [2.45, 2.75) is 26.6 Å². The molecule has 0 radical (unpaired) electrons. The number of aromatic nitrogens is 7. The van der Waals surface area contributed by atoms with Crippen LogP contribution in [-0.4, -0.2) is 47.2 Å². The van der Waals surface area contributed by atoms with Crippen LogP contribution in [0.15, 0.2) is 36.9 Å². The van der Waals surface area contributed by atoms with Gasteiger partial charge in [0.2, 0.25) is 0 Å². The summed E-state index contributed by atoms with van der Waals surface area (Å²) in [6, 6.07) is 4.30. The van der Waals surface area contributed by atoms with Crippen LogP contribution in [0.5, 0.6) is 0 Å². The summed E-state index contributed by atoms with van der Waals surface area (Å²) in [6.45, 7) is 0.102. The maximum Gasteiger partial charge on any atom is 0.345 e. The Hall–Kier alpha value is -4.51. The van der Waals surface area contributed by atoms with E-state index in [1.807, 2.05) is 6.07 Å². The van der Waals surface area contributed by atoms with Gasteiger partial charge < -0.3 is 15.4 Å². The number of nitriles is 1. The van der Waals surface area contributed by atoms with Crippen molar-refractivity contribution in [2.75, 3.05) is 10.6 Å². The third-order valence-electron chi connectivity index (χ3n) is 4.44. The lowest BCUT2D eigenvalue weighted by molar-refractivity contribution is -0.160. The molecular weight excluding hydrogens is 438 g/mol. The van der Waals surface area contributed by atoms with Crippen molar-refractivity contribution in [1.82, 2.24) is 34.6 Å². The fourth-order valence-electron chi connectivity index (χ4n) is 3.15. The number of ether oxygens (including phenoxy) is 1. The van der Waals surface area contributed by atoms with E-state index >= 15 is 0 Å². The number of pyridine rings is 1. The van der Waals surface area contributed by atoms with Gasteiger partial charge in [0.1, 0.15) is 17.7 Å². The van der Waals surface area contributed by atoms with Gasteiger partial charge in [-0.15, -0.1) is 4.80 Å². The molecule has 1 unspecified atom stereocenters. The number of anilines is 2. The Labute approximate surface area is 184 Å². The van der Waals surface area contributed by atoms with E-state index in [4.69, 9.17) is 0 Å². The number of urea groups is 1. The summed E-state index contributed by atoms with van der Waals surface area (Å²) in [5.41, 5.74) is 1.64. The second-order valence-electron chi connectivity index (χ2n) is 6.76. The SMILES string of the molecule is Cc1cc2ncc(NC(=O)Nc3cnc(-n4nccn4)c(C#N)c3)c(C(C)OC(F)F)n2n1. The number of nitrogens with one attached hydrogen (secondary N) is 2. The molecule has 0 saturated carbocycles. The largest absolute Gasteiger partial charge is 0.345 e. The normalized spacial score (nSPS) is 12.0. The first-order valence-electron chi connectivity index (χ1n) is 9.49. The topological polar surface area (TPSA) is 148 Å². The molecule has 12 nitrogen and oxygen atoms in total. The van der Waals surface area contributed by atoms with Crippen molar-refractivity contribution in [3.05, 3.63) is 53.9 Å². The highest BCUT2D eigenvalue weighted by atomic mass is 19.3. The minimum absolute atomic E-state index is 0.113. The average molecular weight is 454 g/mol. The van der Waals surface area contributed by atoms with Gasteiger partial charge in [0.05, 0.1) is 47.6 Å². The van der Waals surface area contributed by atoms with E-state index in [1.54, 1.807) is 13.0 Å². The number of nitrogens with zero attached hydrogens (tertiary/aromatic N) is 8. The lowest BCUT2D eigenvalue weighted by atomic mass is 10.2. The Morgan fingerprint density at radius 2 is 1.94 bits per heavy atom. The molecule has 2 N–H and O–H groups in total. The molecule has 0 aliphatic heterocycles. The van der Waals surface area contributed by atoms with Crippen LogP contribution in [0.4, 0.5) is 25.0 Å². The third-order valence-corrected chi connectivity index (χ3v) is 4.44. The molecule has 1 atom stereocenters. The molecule has 2 amide bonds.